The topological polar surface area (TPSA) is 73.3 Å². The number of carbonyl (C=O) groups is 1. The number of carbonyl (C=O) groups excluding carboxylic acids is 1. The third-order valence-corrected chi connectivity index (χ3v) is 5.31. The average Bonchev–Trinajstić information content (AvgIpc) is 3.16. The molecular weight excluding hydrogens is 330 g/mol. The van der Waals surface area contributed by atoms with Crippen molar-refractivity contribution >= 4 is 5.91 Å². The molecule has 6 nitrogen and oxygen atoms in total. The Balaban J connectivity index is 1.54. The van der Waals surface area contributed by atoms with Gasteiger partial charge in [0.15, 0.2) is 11.5 Å². The predicted molar refractivity (Wildman–Crippen MR) is 96.7 cm³/mol. The van der Waals surface area contributed by atoms with Gasteiger partial charge in [-0.2, -0.15) is 0 Å². The SMILES string of the molecule is Cc1nccc(C(=O)NCC2(c3ccc4c(c3)OCCO4)CCCC2)n1. The van der Waals surface area contributed by atoms with E-state index in [0.717, 1.165) is 37.2 Å². The number of hydrogen-bond acceptors (Lipinski definition) is 5. The van der Waals surface area contributed by atoms with Crippen LogP contribution >= 0.6 is 0 Å². The maximum absolute atomic E-state index is 12.5. The largest absolute Gasteiger partial charge is 0.486 e. The molecule has 136 valence electrons. The van der Waals surface area contributed by atoms with Gasteiger partial charge in [-0.05, 0) is 43.5 Å². The number of aryl methyl sites for hydroxylation is 1. The van der Waals surface area contributed by atoms with E-state index in [4.69, 9.17) is 9.47 Å². The van der Waals surface area contributed by atoms with Crippen molar-refractivity contribution in [3.05, 3.63) is 47.5 Å². The summed E-state index contributed by atoms with van der Waals surface area (Å²) in [5.41, 5.74) is 1.55. The second-order valence-electron chi connectivity index (χ2n) is 7.02. The van der Waals surface area contributed by atoms with Crippen LogP contribution in [0.2, 0.25) is 0 Å². The van der Waals surface area contributed by atoms with Gasteiger partial charge in [-0.25, -0.2) is 9.97 Å². The van der Waals surface area contributed by atoms with Crippen molar-refractivity contribution in [2.45, 2.75) is 38.0 Å². The standard InChI is InChI=1S/C20H23N3O3/c1-14-21-9-6-16(23-14)19(24)22-13-20(7-2-3-8-20)15-4-5-17-18(12-15)26-11-10-25-17/h4-6,9,12H,2-3,7-8,10-11,13H2,1H3,(H,22,24). The molecule has 2 heterocycles. The average molecular weight is 353 g/mol. The van der Waals surface area contributed by atoms with Gasteiger partial charge in [0.05, 0.1) is 0 Å². The lowest BCUT2D eigenvalue weighted by Gasteiger charge is -2.31. The summed E-state index contributed by atoms with van der Waals surface area (Å²) in [7, 11) is 0. The molecule has 0 saturated heterocycles. The first kappa shape index (κ1) is 16.8. The fourth-order valence-corrected chi connectivity index (χ4v) is 3.92. The molecule has 1 N–H and O–H groups in total. The molecule has 0 radical (unpaired) electrons. The summed E-state index contributed by atoms with van der Waals surface area (Å²) in [6, 6.07) is 7.83. The van der Waals surface area contributed by atoms with Gasteiger partial charge in [-0.15, -0.1) is 0 Å². The summed E-state index contributed by atoms with van der Waals surface area (Å²) in [6.45, 7) is 3.54. The van der Waals surface area contributed by atoms with Crippen LogP contribution in [0.5, 0.6) is 11.5 Å². The molecule has 1 saturated carbocycles. The first-order valence-corrected chi connectivity index (χ1v) is 9.14. The minimum atomic E-state index is -0.153. The van der Waals surface area contributed by atoms with E-state index in [1.165, 1.54) is 5.56 Å². The second kappa shape index (κ2) is 6.94. The van der Waals surface area contributed by atoms with E-state index in [1.54, 1.807) is 19.2 Å². The summed E-state index contributed by atoms with van der Waals surface area (Å²) >= 11 is 0. The zero-order valence-corrected chi connectivity index (χ0v) is 15.0. The van der Waals surface area contributed by atoms with E-state index in [1.807, 2.05) is 6.07 Å². The monoisotopic (exact) mass is 353 g/mol. The van der Waals surface area contributed by atoms with Crippen LogP contribution in [0.15, 0.2) is 30.5 Å². The van der Waals surface area contributed by atoms with E-state index in [-0.39, 0.29) is 11.3 Å². The van der Waals surface area contributed by atoms with Crippen molar-refractivity contribution in [2.75, 3.05) is 19.8 Å². The van der Waals surface area contributed by atoms with E-state index < -0.39 is 0 Å². The van der Waals surface area contributed by atoms with Crippen LogP contribution in [-0.2, 0) is 5.41 Å². The van der Waals surface area contributed by atoms with E-state index in [2.05, 4.69) is 27.4 Å². The maximum Gasteiger partial charge on any atom is 0.270 e. The fourth-order valence-electron chi connectivity index (χ4n) is 3.92. The lowest BCUT2D eigenvalue weighted by molar-refractivity contribution is 0.0937. The van der Waals surface area contributed by atoms with Crippen LogP contribution in [0.3, 0.4) is 0 Å². The van der Waals surface area contributed by atoms with Gasteiger partial charge in [0.1, 0.15) is 24.7 Å². The number of fused-ring (bicyclic) bond motifs is 1. The molecule has 1 aliphatic heterocycles. The van der Waals surface area contributed by atoms with Crippen LogP contribution in [0, 0.1) is 6.92 Å². The maximum atomic E-state index is 12.5. The Bertz CT molecular complexity index is 816. The molecule has 6 heteroatoms. The van der Waals surface area contributed by atoms with Crippen molar-refractivity contribution in [1.82, 2.24) is 15.3 Å². The molecule has 1 aromatic carbocycles. The van der Waals surface area contributed by atoms with Gasteiger partial charge in [-0.1, -0.05) is 18.9 Å². The summed E-state index contributed by atoms with van der Waals surface area (Å²) in [5, 5.41) is 3.09. The van der Waals surface area contributed by atoms with Crippen LogP contribution in [0.4, 0.5) is 0 Å². The summed E-state index contributed by atoms with van der Waals surface area (Å²) in [6.07, 6.45) is 6.04. The zero-order valence-electron chi connectivity index (χ0n) is 15.0. The number of amides is 1. The normalized spacial score (nSPS) is 17.7. The molecule has 0 unspecified atom stereocenters. The molecule has 1 fully saturated rings. The van der Waals surface area contributed by atoms with Crippen LogP contribution in [0.25, 0.3) is 0 Å². The number of rotatable bonds is 4. The van der Waals surface area contributed by atoms with Gasteiger partial charge < -0.3 is 14.8 Å². The molecule has 2 aromatic rings. The second-order valence-corrected chi connectivity index (χ2v) is 7.02. The third kappa shape index (κ3) is 3.23. The first-order chi connectivity index (χ1) is 12.7. The smallest absolute Gasteiger partial charge is 0.270 e. The highest BCUT2D eigenvalue weighted by Gasteiger charge is 2.37. The molecule has 0 atom stereocenters. The summed E-state index contributed by atoms with van der Waals surface area (Å²) < 4.78 is 11.4. The lowest BCUT2D eigenvalue weighted by atomic mass is 9.78. The molecule has 1 aromatic heterocycles. The van der Waals surface area contributed by atoms with Crippen molar-refractivity contribution in [2.24, 2.45) is 0 Å². The van der Waals surface area contributed by atoms with Crippen molar-refractivity contribution < 1.29 is 14.3 Å². The Morgan fingerprint density at radius 2 is 1.92 bits per heavy atom. The van der Waals surface area contributed by atoms with Crippen molar-refractivity contribution in [3.8, 4) is 11.5 Å². The number of ether oxygens (including phenoxy) is 2. The molecule has 0 spiro atoms. The predicted octanol–water partition coefficient (Wildman–Crippen LogP) is 2.80. The van der Waals surface area contributed by atoms with Gasteiger partial charge in [0.2, 0.25) is 0 Å². The van der Waals surface area contributed by atoms with Crippen molar-refractivity contribution in [1.29, 1.82) is 0 Å². The number of hydrogen-bond donors (Lipinski definition) is 1. The molecule has 0 bridgehead atoms. The quantitative estimate of drug-likeness (QED) is 0.915. The Morgan fingerprint density at radius 3 is 2.69 bits per heavy atom. The minimum Gasteiger partial charge on any atom is -0.486 e. The lowest BCUT2D eigenvalue weighted by Crippen LogP contribution is -2.39. The van der Waals surface area contributed by atoms with Gasteiger partial charge in [0, 0.05) is 18.2 Å². The molecule has 1 aliphatic carbocycles. The highest BCUT2D eigenvalue weighted by molar-refractivity contribution is 5.92. The Morgan fingerprint density at radius 1 is 1.15 bits per heavy atom. The number of nitrogens with zero attached hydrogens (tertiary/aromatic N) is 2. The number of aromatic nitrogens is 2. The van der Waals surface area contributed by atoms with E-state index in [9.17, 15) is 4.79 Å². The third-order valence-electron chi connectivity index (χ3n) is 5.31. The van der Waals surface area contributed by atoms with Crippen LogP contribution < -0.4 is 14.8 Å². The van der Waals surface area contributed by atoms with Crippen LogP contribution in [-0.4, -0.2) is 35.6 Å². The van der Waals surface area contributed by atoms with E-state index in [0.29, 0.717) is 31.3 Å². The fraction of sp³-hybridized carbons (Fsp3) is 0.450. The Hall–Kier alpha value is -2.63. The highest BCUT2D eigenvalue weighted by atomic mass is 16.6. The number of nitrogens with one attached hydrogen (secondary N) is 1. The molecule has 1 amide bonds. The van der Waals surface area contributed by atoms with Crippen LogP contribution in [0.1, 0.15) is 47.6 Å². The number of benzene rings is 1. The highest BCUT2D eigenvalue weighted by Crippen LogP contribution is 2.43. The Kier molecular flexibility index (Phi) is 4.49. The molecule has 4 rings (SSSR count). The summed E-state index contributed by atoms with van der Waals surface area (Å²) in [4.78, 5) is 20.8. The van der Waals surface area contributed by atoms with Gasteiger partial charge >= 0.3 is 0 Å². The molecule has 2 aliphatic rings. The zero-order chi connectivity index (χ0) is 18.0. The molecular formula is C20H23N3O3. The van der Waals surface area contributed by atoms with Crippen molar-refractivity contribution in [3.63, 3.8) is 0 Å². The summed E-state index contributed by atoms with van der Waals surface area (Å²) in [5.74, 6) is 2.05. The Labute approximate surface area is 153 Å². The minimum absolute atomic E-state index is 0.0619. The van der Waals surface area contributed by atoms with Gasteiger partial charge in [-0.3, -0.25) is 4.79 Å². The van der Waals surface area contributed by atoms with E-state index >= 15 is 0 Å². The first-order valence-electron chi connectivity index (χ1n) is 9.14. The molecule has 26 heavy (non-hydrogen) atoms. The van der Waals surface area contributed by atoms with Gasteiger partial charge in [0.25, 0.3) is 5.91 Å².